The van der Waals surface area contributed by atoms with Gasteiger partial charge in [-0.05, 0) is 0 Å². The van der Waals surface area contributed by atoms with Gasteiger partial charge >= 0.3 is 0 Å². The van der Waals surface area contributed by atoms with Gasteiger partial charge in [-0.1, -0.05) is 0 Å². The molecule has 0 saturated carbocycles. The number of nitrogens with one attached hydrogen (secondary N) is 1. The molecule has 0 bridgehead atoms. The van der Waals surface area contributed by atoms with Crippen molar-refractivity contribution in [3.63, 3.8) is 0 Å². The number of hydrogen-bond acceptors (Lipinski definition) is 2. The van der Waals surface area contributed by atoms with Crippen LogP contribution >= 0.6 is 0 Å². The molecule has 0 aromatic carbocycles. The van der Waals surface area contributed by atoms with Crippen molar-refractivity contribution in [1.82, 2.24) is 5.32 Å². The smallest absolute Gasteiger partial charge is 0.0621 e. The van der Waals surface area contributed by atoms with Crippen LogP contribution in [0.2, 0.25) is 0 Å². The molecule has 0 amide bonds. The minimum absolute atomic E-state index is 0. The summed E-state index contributed by atoms with van der Waals surface area (Å²) in [5.41, 5.74) is 0. The standard InChI is InChI=1S/C3H6NO.Re/c1-2-5-3-4-1;/h2,4H,1,3H2;/q-1;. The van der Waals surface area contributed by atoms with Gasteiger partial charge in [-0.2, -0.15) is 6.61 Å². The summed E-state index contributed by atoms with van der Waals surface area (Å²) in [7, 11) is 0. The van der Waals surface area contributed by atoms with Gasteiger partial charge in [-0.3, -0.25) is 0 Å². The Hall–Kier alpha value is 0.582. The van der Waals surface area contributed by atoms with Gasteiger partial charge in [0, 0.05) is 20.4 Å². The van der Waals surface area contributed by atoms with Gasteiger partial charge in [-0.25, -0.2) is 0 Å². The van der Waals surface area contributed by atoms with Crippen LogP contribution in [0.4, 0.5) is 0 Å². The third-order valence-corrected chi connectivity index (χ3v) is 0.531. The van der Waals surface area contributed by atoms with E-state index < -0.39 is 0 Å². The van der Waals surface area contributed by atoms with Gasteiger partial charge in [0.15, 0.2) is 0 Å². The fourth-order valence-corrected chi connectivity index (χ4v) is 0.295. The zero-order valence-electron chi connectivity index (χ0n) is 3.28. The Kier molecular flexibility index (Phi) is 4.13. The molecule has 0 aliphatic carbocycles. The van der Waals surface area contributed by atoms with E-state index in [0.717, 1.165) is 6.54 Å². The monoisotopic (exact) mass is 259 g/mol. The molecule has 1 aliphatic rings. The van der Waals surface area contributed by atoms with E-state index in [9.17, 15) is 0 Å². The largest absolute Gasteiger partial charge is 0.540 e. The van der Waals surface area contributed by atoms with Crippen molar-refractivity contribution in [3.8, 4) is 0 Å². The average Bonchev–Trinajstić information content (AvgIpc) is 1.76. The van der Waals surface area contributed by atoms with Gasteiger partial charge in [0.1, 0.15) is 0 Å². The van der Waals surface area contributed by atoms with Gasteiger partial charge < -0.3 is 10.1 Å². The van der Waals surface area contributed by atoms with Crippen molar-refractivity contribution >= 4 is 0 Å². The summed E-state index contributed by atoms with van der Waals surface area (Å²) < 4.78 is 4.71. The van der Waals surface area contributed by atoms with Crippen molar-refractivity contribution in [2.75, 3.05) is 13.3 Å². The van der Waals surface area contributed by atoms with Gasteiger partial charge in [0.25, 0.3) is 0 Å². The first-order chi connectivity index (χ1) is 2.50. The van der Waals surface area contributed by atoms with E-state index in [1.807, 2.05) is 0 Å². The first-order valence-electron chi connectivity index (χ1n) is 1.64. The molecular formula is C3H6NORe-. The van der Waals surface area contributed by atoms with Crippen LogP contribution in [0.5, 0.6) is 0 Å². The summed E-state index contributed by atoms with van der Waals surface area (Å²) in [6.07, 6.45) is 0. The topological polar surface area (TPSA) is 21.3 Å². The molecule has 6 heavy (non-hydrogen) atoms. The predicted octanol–water partition coefficient (Wildman–Crippen LogP) is -0.277. The van der Waals surface area contributed by atoms with Crippen LogP contribution in [0.3, 0.4) is 0 Å². The van der Waals surface area contributed by atoms with Crippen LogP contribution in [-0.4, -0.2) is 13.3 Å². The fourth-order valence-electron chi connectivity index (χ4n) is 0.295. The molecule has 1 saturated heterocycles. The van der Waals surface area contributed by atoms with Crippen LogP contribution in [0.25, 0.3) is 0 Å². The Balaban J connectivity index is 0.000000250. The Labute approximate surface area is 50.9 Å². The van der Waals surface area contributed by atoms with Gasteiger partial charge in [0.2, 0.25) is 0 Å². The second-order valence-electron chi connectivity index (χ2n) is 0.932. The zero-order chi connectivity index (χ0) is 3.54. The van der Waals surface area contributed by atoms with E-state index in [1.165, 1.54) is 0 Å². The molecule has 37 valence electrons. The molecule has 1 aliphatic heterocycles. The zero-order valence-corrected chi connectivity index (χ0v) is 5.99. The van der Waals surface area contributed by atoms with E-state index in [1.54, 1.807) is 6.61 Å². The summed E-state index contributed by atoms with van der Waals surface area (Å²) in [5, 5.41) is 2.94. The van der Waals surface area contributed by atoms with E-state index in [0.29, 0.717) is 6.73 Å². The van der Waals surface area contributed by atoms with Crippen molar-refractivity contribution in [2.45, 2.75) is 0 Å². The van der Waals surface area contributed by atoms with E-state index >= 15 is 0 Å². The normalized spacial score (nSPS) is 20.0. The number of rotatable bonds is 0. The maximum Gasteiger partial charge on any atom is 0.0621 e. The molecule has 0 spiro atoms. The second-order valence-corrected chi connectivity index (χ2v) is 0.932. The van der Waals surface area contributed by atoms with E-state index in [4.69, 9.17) is 4.74 Å². The molecule has 0 atom stereocenters. The Morgan fingerprint density at radius 1 is 1.67 bits per heavy atom. The molecular weight excluding hydrogens is 252 g/mol. The number of hydrogen-bond donors (Lipinski definition) is 1. The summed E-state index contributed by atoms with van der Waals surface area (Å²) in [6.45, 7) is 3.35. The number of ether oxygens (including phenoxy) is 1. The van der Waals surface area contributed by atoms with E-state index in [-0.39, 0.29) is 20.4 Å². The van der Waals surface area contributed by atoms with Crippen molar-refractivity contribution in [2.24, 2.45) is 0 Å². The average molecular weight is 258 g/mol. The van der Waals surface area contributed by atoms with Crippen LogP contribution in [0.1, 0.15) is 0 Å². The molecule has 1 N–H and O–H groups in total. The molecule has 2 nitrogen and oxygen atoms in total. The first kappa shape index (κ1) is 6.58. The third kappa shape index (κ3) is 1.89. The second kappa shape index (κ2) is 3.76. The van der Waals surface area contributed by atoms with Crippen molar-refractivity contribution < 1.29 is 25.2 Å². The van der Waals surface area contributed by atoms with E-state index in [2.05, 4.69) is 5.32 Å². The van der Waals surface area contributed by atoms with Crippen molar-refractivity contribution in [1.29, 1.82) is 0 Å². The van der Waals surface area contributed by atoms with Crippen LogP contribution in [0.15, 0.2) is 0 Å². The van der Waals surface area contributed by atoms with Crippen LogP contribution < -0.4 is 5.32 Å². The maximum absolute atomic E-state index is 4.71. The molecule has 0 aromatic heterocycles. The predicted molar refractivity (Wildman–Crippen MR) is 18.3 cm³/mol. The molecule has 1 rings (SSSR count). The summed E-state index contributed by atoms with van der Waals surface area (Å²) >= 11 is 0. The summed E-state index contributed by atoms with van der Waals surface area (Å²) in [6, 6.07) is 0. The van der Waals surface area contributed by atoms with Gasteiger partial charge in [0.05, 0.1) is 6.73 Å². The molecule has 1 fully saturated rings. The quantitative estimate of drug-likeness (QED) is 0.604. The molecule has 0 unspecified atom stereocenters. The van der Waals surface area contributed by atoms with Gasteiger partial charge in [-0.15, -0.1) is 6.54 Å². The van der Waals surface area contributed by atoms with Crippen LogP contribution in [0, 0.1) is 6.61 Å². The molecule has 0 aromatic rings. The molecule has 3 heteroatoms. The SMILES string of the molecule is [CH-]1CNCO1.[Re]. The Bertz CT molecular complexity index is 22.4. The molecule has 1 heterocycles. The fraction of sp³-hybridized carbons (Fsp3) is 0.667. The minimum atomic E-state index is 0. The van der Waals surface area contributed by atoms with Crippen molar-refractivity contribution in [3.05, 3.63) is 6.61 Å². The summed E-state index contributed by atoms with van der Waals surface area (Å²) in [5.74, 6) is 0. The maximum atomic E-state index is 4.71. The minimum Gasteiger partial charge on any atom is -0.540 e. The molecule has 1 radical (unpaired) electrons. The Morgan fingerprint density at radius 2 is 2.50 bits per heavy atom. The Morgan fingerprint density at radius 3 is 2.67 bits per heavy atom. The third-order valence-electron chi connectivity index (χ3n) is 0.531. The summed E-state index contributed by atoms with van der Waals surface area (Å²) in [4.78, 5) is 0. The van der Waals surface area contributed by atoms with Crippen LogP contribution in [-0.2, 0) is 25.2 Å². The first-order valence-corrected chi connectivity index (χ1v) is 1.64.